The zero-order chi connectivity index (χ0) is 24.7. The van der Waals surface area contributed by atoms with Crippen molar-refractivity contribution in [3.8, 4) is 0 Å². The maximum absolute atomic E-state index is 13.1. The average molecular weight is 487 g/mol. The Labute approximate surface area is 202 Å². The number of ether oxygens (including phenoxy) is 1. The third kappa shape index (κ3) is 6.16. The van der Waals surface area contributed by atoms with E-state index in [1.807, 2.05) is 57.1 Å². The van der Waals surface area contributed by atoms with Gasteiger partial charge in [-0.15, -0.1) is 0 Å². The molecule has 2 aromatic carbocycles. The zero-order valence-electron chi connectivity index (χ0n) is 20.3. The SMILES string of the molecule is CCN(CC)S(=O)(=O)c1ccc(N2CCOCC2)c(NC(=O)/C=C/c2ccc(N(C)C)cc2)c1. The molecule has 1 saturated heterocycles. The van der Waals surface area contributed by atoms with Crippen LogP contribution in [0.3, 0.4) is 0 Å². The van der Waals surface area contributed by atoms with Crippen LogP contribution in [0.5, 0.6) is 0 Å². The lowest BCUT2D eigenvalue weighted by Crippen LogP contribution is -2.37. The third-order valence-electron chi connectivity index (χ3n) is 5.76. The highest BCUT2D eigenvalue weighted by molar-refractivity contribution is 7.89. The van der Waals surface area contributed by atoms with Crippen molar-refractivity contribution in [1.29, 1.82) is 0 Å². The highest BCUT2D eigenvalue weighted by Gasteiger charge is 2.24. The number of anilines is 3. The van der Waals surface area contributed by atoms with Crippen LogP contribution in [-0.4, -0.2) is 72.1 Å². The van der Waals surface area contributed by atoms with Crippen LogP contribution < -0.4 is 15.1 Å². The van der Waals surface area contributed by atoms with Gasteiger partial charge in [0.05, 0.1) is 29.5 Å². The molecule has 0 aliphatic carbocycles. The Kier molecular flexibility index (Phi) is 8.71. The van der Waals surface area contributed by atoms with E-state index in [0.717, 1.165) is 16.9 Å². The number of rotatable bonds is 9. The van der Waals surface area contributed by atoms with Gasteiger partial charge < -0.3 is 19.9 Å². The lowest BCUT2D eigenvalue weighted by molar-refractivity contribution is -0.111. The Morgan fingerprint density at radius 1 is 1.06 bits per heavy atom. The van der Waals surface area contributed by atoms with Crippen LogP contribution in [0.1, 0.15) is 19.4 Å². The summed E-state index contributed by atoms with van der Waals surface area (Å²) in [5, 5.41) is 2.90. The Morgan fingerprint density at radius 2 is 1.71 bits per heavy atom. The second kappa shape index (κ2) is 11.5. The van der Waals surface area contributed by atoms with Gasteiger partial charge in [0.15, 0.2) is 0 Å². The van der Waals surface area contributed by atoms with Gasteiger partial charge in [-0.3, -0.25) is 4.79 Å². The lowest BCUT2D eigenvalue weighted by atomic mass is 10.2. The molecule has 0 saturated carbocycles. The first-order chi connectivity index (χ1) is 16.3. The van der Waals surface area contributed by atoms with E-state index < -0.39 is 10.0 Å². The van der Waals surface area contributed by atoms with Gasteiger partial charge in [-0.25, -0.2) is 8.42 Å². The number of benzene rings is 2. The minimum absolute atomic E-state index is 0.159. The summed E-state index contributed by atoms with van der Waals surface area (Å²) in [6.45, 7) is 6.86. The number of morpholine rings is 1. The minimum Gasteiger partial charge on any atom is -0.378 e. The molecule has 1 heterocycles. The maximum atomic E-state index is 13.1. The first-order valence-electron chi connectivity index (χ1n) is 11.5. The summed E-state index contributed by atoms with van der Waals surface area (Å²) < 4.78 is 33.0. The van der Waals surface area contributed by atoms with Crippen LogP contribution in [0.25, 0.3) is 6.08 Å². The highest BCUT2D eigenvalue weighted by atomic mass is 32.2. The molecular weight excluding hydrogens is 452 g/mol. The van der Waals surface area contributed by atoms with Gasteiger partial charge >= 0.3 is 0 Å². The molecule has 0 spiro atoms. The molecule has 1 aliphatic rings. The third-order valence-corrected chi connectivity index (χ3v) is 7.80. The van der Waals surface area contributed by atoms with Crippen LogP contribution in [0.4, 0.5) is 17.1 Å². The first-order valence-corrected chi connectivity index (χ1v) is 12.9. The lowest BCUT2D eigenvalue weighted by Gasteiger charge is -2.31. The van der Waals surface area contributed by atoms with Crippen molar-refractivity contribution in [2.45, 2.75) is 18.7 Å². The van der Waals surface area contributed by atoms with Crippen molar-refractivity contribution in [2.24, 2.45) is 0 Å². The highest BCUT2D eigenvalue weighted by Crippen LogP contribution is 2.31. The Balaban J connectivity index is 1.87. The molecule has 1 aliphatic heterocycles. The monoisotopic (exact) mass is 486 g/mol. The molecule has 184 valence electrons. The first kappa shape index (κ1) is 25.7. The number of nitrogens with zero attached hydrogens (tertiary/aromatic N) is 3. The van der Waals surface area contributed by atoms with Gasteiger partial charge in [-0.2, -0.15) is 4.31 Å². The molecule has 34 heavy (non-hydrogen) atoms. The molecule has 0 radical (unpaired) electrons. The van der Waals surface area contributed by atoms with Crippen LogP contribution in [-0.2, 0) is 19.6 Å². The van der Waals surface area contributed by atoms with E-state index in [1.54, 1.807) is 24.3 Å². The molecule has 1 amide bonds. The van der Waals surface area contributed by atoms with Crippen LogP contribution in [0.15, 0.2) is 53.4 Å². The van der Waals surface area contributed by atoms with Crippen molar-refractivity contribution < 1.29 is 17.9 Å². The molecule has 0 aromatic heterocycles. The van der Waals surface area contributed by atoms with Crippen molar-refractivity contribution in [3.05, 3.63) is 54.1 Å². The quantitative estimate of drug-likeness (QED) is 0.548. The van der Waals surface area contributed by atoms with E-state index in [4.69, 9.17) is 4.74 Å². The van der Waals surface area contributed by atoms with E-state index in [0.29, 0.717) is 45.1 Å². The smallest absolute Gasteiger partial charge is 0.248 e. The zero-order valence-corrected chi connectivity index (χ0v) is 21.1. The number of hydrogen-bond acceptors (Lipinski definition) is 6. The topological polar surface area (TPSA) is 82.2 Å². The number of amides is 1. The number of nitrogens with one attached hydrogen (secondary N) is 1. The van der Waals surface area contributed by atoms with Gasteiger partial charge in [-0.05, 0) is 42.0 Å². The van der Waals surface area contributed by atoms with Crippen LogP contribution in [0, 0.1) is 0 Å². The normalized spacial score (nSPS) is 14.6. The van der Waals surface area contributed by atoms with Crippen molar-refractivity contribution in [1.82, 2.24) is 4.31 Å². The van der Waals surface area contributed by atoms with Crippen molar-refractivity contribution in [3.63, 3.8) is 0 Å². The van der Waals surface area contributed by atoms with E-state index in [9.17, 15) is 13.2 Å². The summed E-state index contributed by atoms with van der Waals surface area (Å²) in [6, 6.07) is 12.8. The van der Waals surface area contributed by atoms with Gasteiger partial charge in [0.1, 0.15) is 0 Å². The summed E-state index contributed by atoms with van der Waals surface area (Å²) in [7, 11) is 0.286. The Hall–Kier alpha value is -2.88. The predicted molar refractivity (Wildman–Crippen MR) is 138 cm³/mol. The fraction of sp³-hybridized carbons (Fsp3) is 0.400. The standard InChI is InChI=1S/C25H34N4O4S/c1-5-29(6-2)34(31,32)22-12-13-24(28-15-17-33-18-16-28)23(19-22)26-25(30)14-9-20-7-10-21(11-8-20)27(3)4/h7-14,19H,5-6,15-18H2,1-4H3,(H,26,30)/b14-9+. The second-order valence-electron chi connectivity index (χ2n) is 8.18. The summed E-state index contributed by atoms with van der Waals surface area (Å²) in [6.07, 6.45) is 3.19. The van der Waals surface area contributed by atoms with E-state index in [1.165, 1.54) is 10.4 Å². The molecule has 0 atom stereocenters. The number of sulfonamides is 1. The summed E-state index contributed by atoms with van der Waals surface area (Å²) in [5.74, 6) is -0.330. The number of hydrogen-bond donors (Lipinski definition) is 1. The second-order valence-corrected chi connectivity index (χ2v) is 10.1. The molecule has 0 bridgehead atoms. The fourth-order valence-electron chi connectivity index (χ4n) is 3.80. The van der Waals surface area contributed by atoms with E-state index >= 15 is 0 Å². The van der Waals surface area contributed by atoms with Gasteiger partial charge in [0.2, 0.25) is 15.9 Å². The van der Waals surface area contributed by atoms with Gasteiger partial charge in [-0.1, -0.05) is 26.0 Å². The fourth-order valence-corrected chi connectivity index (χ4v) is 5.28. The van der Waals surface area contributed by atoms with Gasteiger partial charge in [0.25, 0.3) is 0 Å². The number of carbonyl (C=O) groups is 1. The van der Waals surface area contributed by atoms with Gasteiger partial charge in [0, 0.05) is 52.0 Å². The molecule has 3 rings (SSSR count). The molecule has 0 unspecified atom stereocenters. The molecule has 1 N–H and O–H groups in total. The molecule has 8 nitrogen and oxygen atoms in total. The van der Waals surface area contributed by atoms with Crippen molar-refractivity contribution in [2.75, 3.05) is 68.6 Å². The Morgan fingerprint density at radius 3 is 2.29 bits per heavy atom. The predicted octanol–water partition coefficient (Wildman–Crippen LogP) is 3.27. The minimum atomic E-state index is -3.66. The van der Waals surface area contributed by atoms with Crippen LogP contribution >= 0.6 is 0 Å². The summed E-state index contributed by atoms with van der Waals surface area (Å²) in [5.41, 5.74) is 3.21. The maximum Gasteiger partial charge on any atom is 0.248 e. The largest absolute Gasteiger partial charge is 0.378 e. The average Bonchev–Trinajstić information content (AvgIpc) is 2.84. The van der Waals surface area contributed by atoms with Crippen LogP contribution in [0.2, 0.25) is 0 Å². The Bertz CT molecular complexity index is 1100. The van der Waals surface area contributed by atoms with E-state index in [-0.39, 0.29) is 10.8 Å². The summed E-state index contributed by atoms with van der Waals surface area (Å²) in [4.78, 5) is 17.1. The molecule has 1 fully saturated rings. The number of carbonyl (C=O) groups excluding carboxylic acids is 1. The molecule has 9 heteroatoms. The molecule has 2 aromatic rings. The van der Waals surface area contributed by atoms with E-state index in [2.05, 4.69) is 10.2 Å². The van der Waals surface area contributed by atoms with Crippen molar-refractivity contribution >= 4 is 39.1 Å². The summed E-state index contributed by atoms with van der Waals surface area (Å²) >= 11 is 0. The molecular formula is C25H34N4O4S.